The lowest BCUT2D eigenvalue weighted by atomic mass is 10.0. The third kappa shape index (κ3) is 9.15. The number of aromatic nitrogens is 2. The highest BCUT2D eigenvalue weighted by molar-refractivity contribution is 5.83. The Morgan fingerprint density at radius 3 is 2.62 bits per heavy atom. The zero-order valence-corrected chi connectivity index (χ0v) is 24.8. The first kappa shape index (κ1) is 30.7. The van der Waals surface area contributed by atoms with Crippen molar-refractivity contribution < 1.29 is 19.5 Å². The van der Waals surface area contributed by atoms with Crippen molar-refractivity contribution in [1.29, 1.82) is 0 Å². The number of carbonyl (C=O) groups is 1. The summed E-state index contributed by atoms with van der Waals surface area (Å²) in [7, 11) is 0. The molecule has 0 radical (unpaired) electrons. The van der Waals surface area contributed by atoms with Crippen LogP contribution in [0.4, 0.5) is 11.6 Å². The number of nitrogens with zero attached hydrogens (tertiary/aromatic N) is 3. The van der Waals surface area contributed by atoms with Crippen LogP contribution in [0.5, 0.6) is 5.75 Å². The number of hydrogen-bond donors (Lipinski definition) is 3. The van der Waals surface area contributed by atoms with Gasteiger partial charge in [-0.15, -0.1) is 5.48 Å². The van der Waals surface area contributed by atoms with Crippen molar-refractivity contribution in [3.63, 3.8) is 0 Å². The van der Waals surface area contributed by atoms with Crippen LogP contribution in [-0.4, -0.2) is 59.2 Å². The van der Waals surface area contributed by atoms with Crippen molar-refractivity contribution in [3.05, 3.63) is 95.3 Å². The number of ketones is 1. The number of rotatable bonds is 9. The minimum atomic E-state index is -0.148. The molecule has 1 saturated heterocycles. The van der Waals surface area contributed by atoms with Gasteiger partial charge in [0.25, 0.3) is 0 Å². The van der Waals surface area contributed by atoms with Gasteiger partial charge in [-0.3, -0.25) is 4.79 Å². The van der Waals surface area contributed by atoms with Gasteiger partial charge in [-0.1, -0.05) is 42.0 Å². The fourth-order valence-electron chi connectivity index (χ4n) is 4.60. The van der Waals surface area contributed by atoms with E-state index in [1.807, 2.05) is 37.3 Å². The smallest absolute Gasteiger partial charge is 0.223 e. The number of carbonyl (C=O) groups excluding carboxylic acids is 1. The van der Waals surface area contributed by atoms with Gasteiger partial charge in [0.15, 0.2) is 11.5 Å². The number of aliphatic hydroxyl groups excluding tert-OH is 1. The highest BCUT2D eigenvalue weighted by Crippen LogP contribution is 2.31. The Morgan fingerprint density at radius 1 is 1.14 bits per heavy atom. The van der Waals surface area contributed by atoms with Gasteiger partial charge in [0.05, 0.1) is 18.7 Å². The summed E-state index contributed by atoms with van der Waals surface area (Å²) < 4.78 is 5.35. The minimum Gasteiger partial charge on any atom is -0.486 e. The minimum absolute atomic E-state index is 0.0306. The van der Waals surface area contributed by atoms with Crippen LogP contribution in [0.3, 0.4) is 0 Å². The zero-order chi connectivity index (χ0) is 29.9. The van der Waals surface area contributed by atoms with Crippen molar-refractivity contribution in [3.8, 4) is 5.75 Å². The molecule has 9 heteroatoms. The average Bonchev–Trinajstić information content (AvgIpc) is 3.35. The van der Waals surface area contributed by atoms with E-state index in [-0.39, 0.29) is 31.1 Å². The maximum Gasteiger partial charge on any atom is 0.223 e. The van der Waals surface area contributed by atoms with Gasteiger partial charge in [-0.25, -0.2) is 9.97 Å². The number of anilines is 2. The molecule has 0 spiro atoms. The van der Waals surface area contributed by atoms with E-state index < -0.39 is 0 Å². The standard InChI is InChI=1S/C19H26N2O2.C14H15N3O2/c1-13(2)11-18-14(3)20-23-19(18)15-5-4-6-16(12-15)21-9-7-17(22)8-10-21;1-11-7-8-15-14(17-11)16-9-12(18)10-19-13-5-3-2-4-6-13/h4-6,11-12,14,17,20,22H,7-10H2,1-3H3;2-8H,9-10H2,1H3,(H,15,16,17). The lowest BCUT2D eigenvalue weighted by Gasteiger charge is -2.31. The van der Waals surface area contributed by atoms with Crippen LogP contribution in [-0.2, 0) is 9.63 Å². The molecule has 0 amide bonds. The topological polar surface area (TPSA) is 109 Å². The molecule has 9 nitrogen and oxygen atoms in total. The number of Topliss-reactive ketones (excluding diaryl/α,β-unsaturated/α-hetero) is 1. The number of piperidine rings is 1. The lowest BCUT2D eigenvalue weighted by molar-refractivity contribution is -0.119. The Labute approximate surface area is 248 Å². The van der Waals surface area contributed by atoms with Crippen molar-refractivity contribution in [2.45, 2.75) is 52.7 Å². The summed E-state index contributed by atoms with van der Waals surface area (Å²) in [6.45, 7) is 10.2. The maximum absolute atomic E-state index is 11.6. The molecule has 3 aromatic rings. The lowest BCUT2D eigenvalue weighted by Crippen LogP contribution is -2.35. The monoisotopic (exact) mass is 571 g/mol. The molecule has 1 atom stereocenters. The summed E-state index contributed by atoms with van der Waals surface area (Å²) in [6.07, 6.45) is 5.36. The van der Waals surface area contributed by atoms with Crippen LogP contribution in [0.1, 0.15) is 44.9 Å². The summed E-state index contributed by atoms with van der Waals surface area (Å²) in [4.78, 5) is 27.9. The highest BCUT2D eigenvalue weighted by Gasteiger charge is 2.24. The Morgan fingerprint density at radius 2 is 1.90 bits per heavy atom. The molecule has 0 aliphatic carbocycles. The SMILES string of the molecule is CC(C)=CC1=C(c2cccc(N3CCC(O)CC3)c2)ONC1C.Cc1ccnc(NCC(=O)COc2ccccc2)n1. The van der Waals surface area contributed by atoms with Crippen LogP contribution in [0.25, 0.3) is 5.76 Å². The van der Waals surface area contributed by atoms with E-state index in [2.05, 4.69) is 76.8 Å². The fourth-order valence-corrected chi connectivity index (χ4v) is 4.60. The molecule has 1 unspecified atom stereocenters. The second-order valence-corrected chi connectivity index (χ2v) is 10.7. The van der Waals surface area contributed by atoms with Gasteiger partial charge in [-0.2, -0.15) is 0 Å². The molecule has 2 aromatic carbocycles. The quantitative estimate of drug-likeness (QED) is 0.323. The van der Waals surface area contributed by atoms with Gasteiger partial charge in [0.2, 0.25) is 5.95 Å². The van der Waals surface area contributed by atoms with Gasteiger partial charge in [0, 0.05) is 41.8 Å². The summed E-state index contributed by atoms with van der Waals surface area (Å²) in [5.74, 6) is 1.99. The molecule has 0 saturated carbocycles. The van der Waals surface area contributed by atoms with E-state index in [0.29, 0.717) is 11.7 Å². The summed E-state index contributed by atoms with van der Waals surface area (Å²) in [5.41, 5.74) is 8.66. The second kappa shape index (κ2) is 15.1. The normalized spacial score (nSPS) is 16.7. The molecule has 2 aliphatic heterocycles. The molecular formula is C33H41N5O4. The van der Waals surface area contributed by atoms with Crippen molar-refractivity contribution in [1.82, 2.24) is 15.4 Å². The van der Waals surface area contributed by atoms with E-state index in [1.165, 1.54) is 16.8 Å². The van der Waals surface area contributed by atoms with Crippen molar-refractivity contribution in [2.75, 3.05) is 36.5 Å². The van der Waals surface area contributed by atoms with Crippen LogP contribution in [0, 0.1) is 6.92 Å². The fraction of sp³-hybridized carbons (Fsp3) is 0.364. The predicted octanol–water partition coefficient (Wildman–Crippen LogP) is 5.09. The molecule has 0 bridgehead atoms. The molecule has 42 heavy (non-hydrogen) atoms. The van der Waals surface area contributed by atoms with Crippen molar-refractivity contribution >= 4 is 23.2 Å². The van der Waals surface area contributed by atoms with E-state index in [0.717, 1.165) is 42.9 Å². The molecule has 2 aliphatic rings. The Kier molecular flexibility index (Phi) is 11.1. The summed E-state index contributed by atoms with van der Waals surface area (Å²) in [5, 5.41) is 12.5. The van der Waals surface area contributed by atoms with E-state index in [9.17, 15) is 9.90 Å². The molecule has 3 heterocycles. The Hall–Kier alpha value is -4.21. The first-order valence-corrected chi connectivity index (χ1v) is 14.4. The molecule has 5 rings (SSSR count). The molecule has 1 aromatic heterocycles. The number of benzene rings is 2. The number of allylic oxidation sites excluding steroid dienone is 1. The van der Waals surface area contributed by atoms with E-state index >= 15 is 0 Å². The number of aliphatic hydroxyl groups is 1. The van der Waals surface area contributed by atoms with Crippen LogP contribution in [0.15, 0.2) is 84.1 Å². The van der Waals surface area contributed by atoms with E-state index in [1.54, 1.807) is 12.3 Å². The van der Waals surface area contributed by atoms with E-state index in [4.69, 9.17) is 9.57 Å². The summed E-state index contributed by atoms with van der Waals surface area (Å²) in [6, 6.07) is 19.7. The molecular weight excluding hydrogens is 530 g/mol. The average molecular weight is 572 g/mol. The third-order valence-electron chi connectivity index (χ3n) is 6.83. The number of ether oxygens (including phenoxy) is 1. The number of aryl methyl sites for hydroxylation is 1. The number of nitrogens with one attached hydrogen (secondary N) is 2. The molecule has 3 N–H and O–H groups in total. The van der Waals surface area contributed by atoms with Crippen molar-refractivity contribution in [2.24, 2.45) is 0 Å². The van der Waals surface area contributed by atoms with Crippen LogP contribution >= 0.6 is 0 Å². The second-order valence-electron chi connectivity index (χ2n) is 10.7. The number of hydroxylamine groups is 1. The zero-order valence-electron chi connectivity index (χ0n) is 24.8. The van der Waals surface area contributed by atoms with Gasteiger partial charge < -0.3 is 24.9 Å². The largest absolute Gasteiger partial charge is 0.486 e. The number of para-hydroxylation sites is 1. The first-order chi connectivity index (χ1) is 20.3. The Balaban J connectivity index is 0.000000197. The highest BCUT2D eigenvalue weighted by atomic mass is 16.7. The van der Waals surface area contributed by atoms with Gasteiger partial charge in [0.1, 0.15) is 12.4 Å². The predicted molar refractivity (Wildman–Crippen MR) is 166 cm³/mol. The molecule has 222 valence electrons. The Bertz CT molecular complexity index is 1380. The summed E-state index contributed by atoms with van der Waals surface area (Å²) >= 11 is 0. The maximum atomic E-state index is 11.6. The van der Waals surface area contributed by atoms with Crippen LogP contribution in [0.2, 0.25) is 0 Å². The molecule has 1 fully saturated rings. The third-order valence-corrected chi connectivity index (χ3v) is 6.83. The van der Waals surface area contributed by atoms with Gasteiger partial charge >= 0.3 is 0 Å². The first-order valence-electron chi connectivity index (χ1n) is 14.4. The van der Waals surface area contributed by atoms with Crippen LogP contribution < -0.4 is 20.4 Å². The number of hydrogen-bond acceptors (Lipinski definition) is 9. The van der Waals surface area contributed by atoms with Gasteiger partial charge in [-0.05, 0) is 70.9 Å².